The minimum Gasteiger partial charge on any atom is -0.497 e. The molecule has 3 atom stereocenters. The van der Waals surface area contributed by atoms with Gasteiger partial charge in [0.2, 0.25) is 0 Å². The second-order valence-electron chi connectivity index (χ2n) is 7.90. The van der Waals surface area contributed by atoms with Crippen LogP contribution in [0.25, 0.3) is 0 Å². The van der Waals surface area contributed by atoms with E-state index in [1.807, 2.05) is 24.3 Å². The number of nitrogens with one attached hydrogen (secondary N) is 1. The highest BCUT2D eigenvalue weighted by Gasteiger charge is 2.55. The number of hydrogen-bond acceptors (Lipinski definition) is 3. The number of imide groups is 1. The van der Waals surface area contributed by atoms with Crippen LogP contribution in [0.1, 0.15) is 32.3 Å². The lowest BCUT2D eigenvalue weighted by atomic mass is 9.48. The van der Waals surface area contributed by atoms with Crippen LogP contribution in [0.3, 0.4) is 0 Å². The van der Waals surface area contributed by atoms with Gasteiger partial charge in [-0.3, -0.25) is 9.69 Å². The van der Waals surface area contributed by atoms with Crippen LogP contribution in [0, 0.1) is 17.3 Å². The molecule has 1 aliphatic heterocycles. The Hall–Kier alpha value is -2.30. The molecule has 5 nitrogen and oxygen atoms in total. The zero-order chi connectivity index (χ0) is 17.8. The van der Waals surface area contributed by atoms with Gasteiger partial charge in [-0.05, 0) is 53.4 Å². The SMILES string of the molecule is COc1ccc(CN2C(=O)NC(C3=CC[C@H]4C[C@@H]3C4(C)C)C2=O)cc1. The number of nitrogens with zero attached hydrogens (tertiary/aromatic N) is 1. The van der Waals surface area contributed by atoms with Crippen LogP contribution in [0.2, 0.25) is 0 Å². The van der Waals surface area contributed by atoms with Crippen LogP contribution in [-0.2, 0) is 11.3 Å². The molecule has 3 aliphatic carbocycles. The average molecular weight is 340 g/mol. The summed E-state index contributed by atoms with van der Waals surface area (Å²) in [5.74, 6) is 1.74. The molecule has 1 heterocycles. The fraction of sp³-hybridized carbons (Fsp3) is 0.500. The molecule has 5 rings (SSSR count). The number of hydrogen-bond donors (Lipinski definition) is 1. The van der Waals surface area contributed by atoms with E-state index in [4.69, 9.17) is 4.74 Å². The van der Waals surface area contributed by atoms with Crippen LogP contribution >= 0.6 is 0 Å². The van der Waals surface area contributed by atoms with Crippen molar-refractivity contribution < 1.29 is 14.3 Å². The molecule has 0 spiro atoms. The minimum atomic E-state index is -0.490. The summed E-state index contributed by atoms with van der Waals surface area (Å²) in [6.45, 7) is 4.83. The third kappa shape index (κ3) is 2.44. The van der Waals surface area contributed by atoms with Gasteiger partial charge in [0.15, 0.2) is 0 Å². The maximum absolute atomic E-state index is 12.9. The number of rotatable bonds is 4. The summed E-state index contributed by atoms with van der Waals surface area (Å²) in [5.41, 5.74) is 2.26. The molecule has 1 saturated heterocycles. The van der Waals surface area contributed by atoms with Gasteiger partial charge < -0.3 is 10.1 Å². The van der Waals surface area contributed by atoms with Crippen LogP contribution < -0.4 is 10.1 Å². The highest BCUT2D eigenvalue weighted by atomic mass is 16.5. The summed E-state index contributed by atoms with van der Waals surface area (Å²) in [6.07, 6.45) is 4.33. The Morgan fingerprint density at radius 1 is 1.24 bits per heavy atom. The minimum absolute atomic E-state index is 0.131. The van der Waals surface area contributed by atoms with Crippen molar-refractivity contribution in [3.8, 4) is 5.75 Å². The number of amides is 3. The van der Waals surface area contributed by atoms with Gasteiger partial charge in [-0.15, -0.1) is 0 Å². The van der Waals surface area contributed by atoms with E-state index >= 15 is 0 Å². The summed E-state index contributed by atoms with van der Waals surface area (Å²) < 4.78 is 5.15. The molecule has 25 heavy (non-hydrogen) atoms. The van der Waals surface area contributed by atoms with Crippen LogP contribution in [-0.4, -0.2) is 30.0 Å². The van der Waals surface area contributed by atoms with E-state index in [-0.39, 0.29) is 23.9 Å². The maximum atomic E-state index is 12.9. The van der Waals surface area contributed by atoms with Gasteiger partial charge in [-0.25, -0.2) is 4.79 Å². The molecule has 132 valence electrons. The van der Waals surface area contributed by atoms with Crippen LogP contribution in [0.5, 0.6) is 5.75 Å². The van der Waals surface area contributed by atoms with Gasteiger partial charge in [-0.1, -0.05) is 32.1 Å². The van der Waals surface area contributed by atoms with Crippen molar-refractivity contribution in [2.45, 2.75) is 39.3 Å². The number of benzene rings is 1. The fourth-order valence-corrected chi connectivity index (χ4v) is 4.53. The molecule has 2 bridgehead atoms. The van der Waals surface area contributed by atoms with Crippen molar-refractivity contribution in [2.75, 3.05) is 7.11 Å². The number of ether oxygens (including phenoxy) is 1. The topological polar surface area (TPSA) is 58.6 Å². The molecule has 0 aromatic heterocycles. The highest BCUT2D eigenvalue weighted by Crippen LogP contribution is 2.60. The number of methoxy groups -OCH3 is 1. The first-order valence-corrected chi connectivity index (χ1v) is 8.86. The predicted octanol–water partition coefficient (Wildman–Crippen LogP) is 3.11. The lowest BCUT2D eigenvalue weighted by Crippen LogP contribution is -2.52. The molecular formula is C20H24N2O3. The number of urea groups is 1. The van der Waals surface area contributed by atoms with E-state index in [2.05, 4.69) is 25.2 Å². The highest BCUT2D eigenvalue weighted by molar-refractivity contribution is 6.06. The summed E-state index contributed by atoms with van der Waals surface area (Å²) in [7, 11) is 1.61. The fourth-order valence-electron chi connectivity index (χ4n) is 4.53. The second kappa shape index (κ2) is 5.61. The number of carbonyl (C=O) groups excluding carboxylic acids is 2. The van der Waals surface area contributed by atoms with Gasteiger partial charge in [0.25, 0.3) is 5.91 Å². The molecule has 1 aromatic carbocycles. The first kappa shape index (κ1) is 16.2. The molecule has 1 aromatic rings. The van der Waals surface area contributed by atoms with E-state index in [9.17, 15) is 9.59 Å². The smallest absolute Gasteiger partial charge is 0.325 e. The predicted molar refractivity (Wildman–Crippen MR) is 93.9 cm³/mol. The first-order chi connectivity index (χ1) is 11.9. The summed E-state index contributed by atoms with van der Waals surface area (Å²) in [4.78, 5) is 26.6. The molecule has 1 N–H and O–H groups in total. The van der Waals surface area contributed by atoms with Crippen LogP contribution in [0.15, 0.2) is 35.9 Å². The van der Waals surface area contributed by atoms with Crippen molar-refractivity contribution in [3.63, 3.8) is 0 Å². The Balaban J connectivity index is 1.51. The molecule has 0 radical (unpaired) electrons. The molecular weight excluding hydrogens is 316 g/mol. The van der Waals surface area contributed by atoms with Crippen molar-refractivity contribution in [1.29, 1.82) is 0 Å². The second-order valence-corrected chi connectivity index (χ2v) is 7.90. The zero-order valence-electron chi connectivity index (χ0n) is 14.9. The number of carbonyl (C=O) groups is 2. The van der Waals surface area contributed by atoms with E-state index in [1.54, 1.807) is 7.11 Å². The normalized spacial score (nSPS) is 29.8. The molecule has 1 unspecified atom stereocenters. The molecule has 4 aliphatic rings. The van der Waals surface area contributed by atoms with Crippen molar-refractivity contribution in [3.05, 3.63) is 41.5 Å². The maximum Gasteiger partial charge on any atom is 0.325 e. The van der Waals surface area contributed by atoms with E-state index in [0.29, 0.717) is 11.8 Å². The molecule has 3 amide bonds. The summed E-state index contributed by atoms with van der Waals surface area (Å²) >= 11 is 0. The van der Waals surface area contributed by atoms with Crippen LogP contribution in [0.4, 0.5) is 4.79 Å². The third-order valence-corrected chi connectivity index (χ3v) is 6.37. The van der Waals surface area contributed by atoms with E-state index in [1.165, 1.54) is 4.90 Å². The van der Waals surface area contributed by atoms with E-state index < -0.39 is 6.04 Å². The lowest BCUT2D eigenvalue weighted by molar-refractivity contribution is -0.127. The van der Waals surface area contributed by atoms with E-state index in [0.717, 1.165) is 29.7 Å². The average Bonchev–Trinajstić information content (AvgIpc) is 2.90. The van der Waals surface area contributed by atoms with Crippen molar-refractivity contribution in [2.24, 2.45) is 17.3 Å². The van der Waals surface area contributed by atoms with Gasteiger partial charge in [0.05, 0.1) is 13.7 Å². The standard InChI is InChI=1S/C20H24N2O3/c1-20(2)13-6-9-15(16(20)10-13)17-18(23)22(19(24)21-17)11-12-4-7-14(25-3)8-5-12/h4-5,7-9,13,16-17H,6,10-11H2,1-3H3,(H,21,24)/t13-,16-,17?/m0/s1. The Labute approximate surface area is 148 Å². The van der Waals surface area contributed by atoms with Gasteiger partial charge in [0.1, 0.15) is 11.8 Å². The van der Waals surface area contributed by atoms with Gasteiger partial charge in [-0.2, -0.15) is 0 Å². The molecule has 5 heteroatoms. The summed E-state index contributed by atoms with van der Waals surface area (Å²) in [6, 6.07) is 6.65. The van der Waals surface area contributed by atoms with Crippen molar-refractivity contribution in [1.82, 2.24) is 10.2 Å². The third-order valence-electron chi connectivity index (χ3n) is 6.37. The Morgan fingerprint density at radius 3 is 2.56 bits per heavy atom. The largest absolute Gasteiger partial charge is 0.497 e. The Kier molecular flexibility index (Phi) is 3.63. The molecule has 2 fully saturated rings. The van der Waals surface area contributed by atoms with Crippen molar-refractivity contribution >= 4 is 11.9 Å². The Morgan fingerprint density at radius 2 is 1.96 bits per heavy atom. The first-order valence-electron chi connectivity index (χ1n) is 8.86. The lowest BCUT2D eigenvalue weighted by Gasteiger charge is -2.57. The summed E-state index contributed by atoms with van der Waals surface area (Å²) in [5, 5.41) is 2.90. The zero-order valence-corrected chi connectivity index (χ0v) is 14.9. The monoisotopic (exact) mass is 340 g/mol. The quantitative estimate of drug-likeness (QED) is 0.677. The van der Waals surface area contributed by atoms with Gasteiger partial charge >= 0.3 is 6.03 Å². The van der Waals surface area contributed by atoms with Gasteiger partial charge in [0, 0.05) is 0 Å². The number of fused-ring (bicyclic) bond motifs is 1. The molecule has 1 saturated carbocycles. The Bertz CT molecular complexity index is 751. The number of allylic oxidation sites excluding steroid dienone is 1.